The molecular formula is C19H32O2. The van der Waals surface area contributed by atoms with Gasteiger partial charge in [0.05, 0.1) is 0 Å². The Labute approximate surface area is 130 Å². The average molecular weight is 292 g/mol. The largest absolute Gasteiger partial charge is 0.481 e. The zero-order chi connectivity index (χ0) is 15.6. The van der Waals surface area contributed by atoms with E-state index in [0.29, 0.717) is 6.42 Å². The molecule has 0 aliphatic heterocycles. The van der Waals surface area contributed by atoms with Gasteiger partial charge >= 0.3 is 5.97 Å². The molecule has 0 fully saturated rings. The molecule has 0 heterocycles. The number of unbranched alkanes of at least 4 members (excludes halogenated alkanes) is 9. The molecular weight excluding hydrogens is 260 g/mol. The number of hydrogen-bond acceptors (Lipinski definition) is 1. The number of carboxylic acid groups (broad SMARTS) is 1. The summed E-state index contributed by atoms with van der Waals surface area (Å²) in [6, 6.07) is 12.0. The Hall–Kier alpha value is -1.31. The second-order valence-corrected chi connectivity index (χ2v) is 5.48. The number of hydrogen-bond donors (Lipinski definition) is 1. The van der Waals surface area contributed by atoms with Crippen molar-refractivity contribution in [3.8, 4) is 0 Å². The molecule has 1 aromatic rings. The Bertz CT molecular complexity index is 282. The molecule has 0 amide bonds. The molecule has 0 spiro atoms. The highest BCUT2D eigenvalue weighted by molar-refractivity contribution is 5.66. The molecule has 0 bridgehead atoms. The van der Waals surface area contributed by atoms with Gasteiger partial charge in [-0.1, -0.05) is 101 Å². The third-order valence-electron chi connectivity index (χ3n) is 3.41. The van der Waals surface area contributed by atoms with E-state index in [1.165, 1.54) is 51.4 Å². The summed E-state index contributed by atoms with van der Waals surface area (Å²) in [4.78, 5) is 10.2. The van der Waals surface area contributed by atoms with Crippen molar-refractivity contribution >= 4 is 5.97 Å². The van der Waals surface area contributed by atoms with Gasteiger partial charge in [0, 0.05) is 6.42 Å². The topological polar surface area (TPSA) is 37.3 Å². The van der Waals surface area contributed by atoms with Crippen molar-refractivity contribution in [2.24, 2.45) is 0 Å². The highest BCUT2D eigenvalue weighted by Gasteiger charge is 1.96. The number of benzene rings is 1. The average Bonchev–Trinajstić information content (AvgIpc) is 2.51. The van der Waals surface area contributed by atoms with Crippen LogP contribution in [0.3, 0.4) is 0 Å². The van der Waals surface area contributed by atoms with Gasteiger partial charge < -0.3 is 5.11 Å². The first-order valence-electron chi connectivity index (χ1n) is 8.49. The number of rotatable bonds is 11. The van der Waals surface area contributed by atoms with Crippen LogP contribution in [0.15, 0.2) is 36.4 Å². The summed E-state index contributed by atoms with van der Waals surface area (Å²) in [5, 5.41) is 8.44. The van der Waals surface area contributed by atoms with E-state index in [1.54, 1.807) is 0 Å². The zero-order valence-electron chi connectivity index (χ0n) is 13.6. The van der Waals surface area contributed by atoms with Crippen LogP contribution in [0.25, 0.3) is 0 Å². The number of carboxylic acids is 1. The smallest absolute Gasteiger partial charge is 0.303 e. The fraction of sp³-hybridized carbons (Fsp3) is 0.632. The molecule has 1 rings (SSSR count). The Morgan fingerprint density at radius 1 is 0.667 bits per heavy atom. The third kappa shape index (κ3) is 18.7. The second kappa shape index (κ2) is 16.7. The highest BCUT2D eigenvalue weighted by atomic mass is 16.4. The molecule has 2 nitrogen and oxygen atoms in total. The fourth-order valence-electron chi connectivity index (χ4n) is 2.15. The molecule has 0 saturated heterocycles. The van der Waals surface area contributed by atoms with Crippen LogP contribution >= 0.6 is 0 Å². The van der Waals surface area contributed by atoms with Gasteiger partial charge in [-0.25, -0.2) is 0 Å². The SMILES string of the molecule is CCCCCCCCCCCCC(=O)O.c1ccccc1. The fourth-order valence-corrected chi connectivity index (χ4v) is 2.15. The monoisotopic (exact) mass is 292 g/mol. The number of aliphatic carboxylic acids is 1. The van der Waals surface area contributed by atoms with Crippen LogP contribution < -0.4 is 0 Å². The van der Waals surface area contributed by atoms with E-state index in [9.17, 15) is 4.79 Å². The zero-order valence-corrected chi connectivity index (χ0v) is 13.6. The molecule has 0 saturated carbocycles. The van der Waals surface area contributed by atoms with Gasteiger partial charge in [0.25, 0.3) is 0 Å². The van der Waals surface area contributed by atoms with Crippen LogP contribution in [0, 0.1) is 0 Å². The predicted molar refractivity (Wildman–Crippen MR) is 90.5 cm³/mol. The van der Waals surface area contributed by atoms with Crippen LogP contribution in [0.5, 0.6) is 0 Å². The lowest BCUT2D eigenvalue weighted by Crippen LogP contribution is -1.93. The Morgan fingerprint density at radius 2 is 1.00 bits per heavy atom. The highest BCUT2D eigenvalue weighted by Crippen LogP contribution is 2.11. The standard InChI is InChI=1S/C13H26O2.C6H6/c1-2-3-4-5-6-7-8-9-10-11-12-13(14)15;1-2-4-6-5-3-1/h2-12H2,1H3,(H,14,15);1-6H. The van der Waals surface area contributed by atoms with E-state index in [4.69, 9.17) is 5.11 Å². The molecule has 0 unspecified atom stereocenters. The molecule has 1 N–H and O–H groups in total. The molecule has 21 heavy (non-hydrogen) atoms. The lowest BCUT2D eigenvalue weighted by Gasteiger charge is -2.01. The minimum Gasteiger partial charge on any atom is -0.481 e. The first kappa shape index (κ1) is 19.7. The molecule has 1 aromatic carbocycles. The Kier molecular flexibility index (Phi) is 15.7. The van der Waals surface area contributed by atoms with E-state index in [-0.39, 0.29) is 0 Å². The van der Waals surface area contributed by atoms with Crippen molar-refractivity contribution in [1.29, 1.82) is 0 Å². The minimum atomic E-state index is -0.658. The molecule has 120 valence electrons. The summed E-state index contributed by atoms with van der Waals surface area (Å²) in [5.41, 5.74) is 0. The maximum atomic E-state index is 10.2. The summed E-state index contributed by atoms with van der Waals surface area (Å²) in [5.74, 6) is -0.658. The van der Waals surface area contributed by atoms with Gasteiger partial charge in [-0.3, -0.25) is 4.79 Å². The Balaban J connectivity index is 0.000000547. The summed E-state index contributed by atoms with van der Waals surface area (Å²) < 4.78 is 0. The third-order valence-corrected chi connectivity index (χ3v) is 3.41. The van der Waals surface area contributed by atoms with Crippen molar-refractivity contribution in [1.82, 2.24) is 0 Å². The molecule has 0 atom stereocenters. The van der Waals surface area contributed by atoms with Crippen molar-refractivity contribution < 1.29 is 9.90 Å². The lowest BCUT2D eigenvalue weighted by molar-refractivity contribution is -0.137. The molecule has 0 aliphatic carbocycles. The van der Waals surface area contributed by atoms with Crippen LogP contribution in [-0.4, -0.2) is 11.1 Å². The summed E-state index contributed by atoms with van der Waals surface area (Å²) >= 11 is 0. The van der Waals surface area contributed by atoms with E-state index >= 15 is 0 Å². The normalized spacial score (nSPS) is 9.76. The summed E-state index contributed by atoms with van der Waals surface area (Å²) in [6.45, 7) is 2.24. The summed E-state index contributed by atoms with van der Waals surface area (Å²) in [6.07, 6.45) is 12.9. The van der Waals surface area contributed by atoms with Crippen molar-refractivity contribution in [3.63, 3.8) is 0 Å². The van der Waals surface area contributed by atoms with Crippen LogP contribution in [-0.2, 0) is 4.79 Å². The van der Waals surface area contributed by atoms with Gasteiger partial charge in [0.15, 0.2) is 0 Å². The van der Waals surface area contributed by atoms with E-state index < -0.39 is 5.97 Å². The van der Waals surface area contributed by atoms with Gasteiger partial charge in [-0.15, -0.1) is 0 Å². The first-order valence-corrected chi connectivity index (χ1v) is 8.49. The molecule has 0 aromatic heterocycles. The van der Waals surface area contributed by atoms with Crippen molar-refractivity contribution in [3.05, 3.63) is 36.4 Å². The van der Waals surface area contributed by atoms with E-state index in [1.807, 2.05) is 36.4 Å². The van der Waals surface area contributed by atoms with E-state index in [0.717, 1.165) is 12.8 Å². The van der Waals surface area contributed by atoms with Crippen LogP contribution in [0.2, 0.25) is 0 Å². The van der Waals surface area contributed by atoms with Gasteiger partial charge in [0.2, 0.25) is 0 Å². The first-order chi connectivity index (χ1) is 10.3. The van der Waals surface area contributed by atoms with E-state index in [2.05, 4.69) is 6.92 Å². The molecule has 0 aliphatic rings. The maximum Gasteiger partial charge on any atom is 0.303 e. The number of carbonyl (C=O) groups is 1. The quantitative estimate of drug-likeness (QED) is 0.503. The minimum absolute atomic E-state index is 0.344. The lowest BCUT2D eigenvalue weighted by atomic mass is 10.1. The van der Waals surface area contributed by atoms with Crippen molar-refractivity contribution in [2.45, 2.75) is 77.6 Å². The summed E-state index contributed by atoms with van der Waals surface area (Å²) in [7, 11) is 0. The van der Waals surface area contributed by atoms with Gasteiger partial charge in [0.1, 0.15) is 0 Å². The second-order valence-electron chi connectivity index (χ2n) is 5.48. The Morgan fingerprint density at radius 3 is 1.33 bits per heavy atom. The van der Waals surface area contributed by atoms with Crippen LogP contribution in [0.1, 0.15) is 77.6 Å². The van der Waals surface area contributed by atoms with Crippen LogP contribution in [0.4, 0.5) is 0 Å². The van der Waals surface area contributed by atoms with Gasteiger partial charge in [-0.2, -0.15) is 0 Å². The van der Waals surface area contributed by atoms with Crippen molar-refractivity contribution in [2.75, 3.05) is 0 Å². The molecule has 2 heteroatoms. The predicted octanol–water partition coefficient (Wildman–Crippen LogP) is 6.07. The maximum absolute atomic E-state index is 10.2. The molecule has 0 radical (unpaired) electrons. The van der Waals surface area contributed by atoms with Gasteiger partial charge in [-0.05, 0) is 6.42 Å².